The fourth-order valence-corrected chi connectivity index (χ4v) is 4.15. The van der Waals surface area contributed by atoms with Gasteiger partial charge in [0, 0.05) is 10.5 Å². The number of aromatic nitrogens is 3. The summed E-state index contributed by atoms with van der Waals surface area (Å²) >= 11 is 6.77. The number of rotatable bonds is 10. The van der Waals surface area contributed by atoms with Crippen LogP contribution in [0.15, 0.2) is 41.4 Å². The molecular weight excluding hydrogens is 502 g/mol. The molecule has 13 heteroatoms. The molecule has 0 bridgehead atoms. The van der Waals surface area contributed by atoms with Gasteiger partial charge < -0.3 is 20.1 Å². The molecule has 34 heavy (non-hydrogen) atoms. The van der Waals surface area contributed by atoms with E-state index in [1.165, 1.54) is 29.9 Å². The molecule has 3 aromatic rings. The summed E-state index contributed by atoms with van der Waals surface area (Å²) in [5.41, 5.74) is -1.12. The Bertz CT molecular complexity index is 1110. The smallest absolute Gasteiger partial charge is 0.194 e. The molecule has 3 N–H and O–H groups in total. The van der Waals surface area contributed by atoms with Gasteiger partial charge in [-0.1, -0.05) is 28.6 Å². The second-order valence-corrected chi connectivity index (χ2v) is 8.89. The van der Waals surface area contributed by atoms with Crippen LogP contribution < -0.4 is 0 Å². The SMILES string of the molecule is C[C@@H](O)C(CO)OC(Sc1ccc(F)c(Cl)c1)[C@@H](O)Cn1cc(-c2cc(F)c(F)c(F)c2)nn1. The van der Waals surface area contributed by atoms with Crippen LogP contribution in [0.25, 0.3) is 11.3 Å². The van der Waals surface area contributed by atoms with E-state index < -0.39 is 53.6 Å². The van der Waals surface area contributed by atoms with E-state index in [9.17, 15) is 32.9 Å². The van der Waals surface area contributed by atoms with Gasteiger partial charge in [0.05, 0.1) is 30.5 Å². The van der Waals surface area contributed by atoms with Crippen molar-refractivity contribution in [2.75, 3.05) is 6.61 Å². The first-order valence-electron chi connectivity index (χ1n) is 9.88. The summed E-state index contributed by atoms with van der Waals surface area (Å²) in [6.45, 7) is 0.638. The van der Waals surface area contributed by atoms with Crippen LogP contribution in [-0.4, -0.2) is 60.7 Å². The van der Waals surface area contributed by atoms with Gasteiger partial charge in [0.15, 0.2) is 17.5 Å². The fraction of sp³-hybridized carbons (Fsp3) is 0.333. The molecule has 0 fully saturated rings. The van der Waals surface area contributed by atoms with E-state index in [2.05, 4.69) is 10.3 Å². The number of hydrogen-bond donors (Lipinski definition) is 3. The van der Waals surface area contributed by atoms with Crippen molar-refractivity contribution in [2.45, 2.75) is 42.1 Å². The standard InChI is InChI=1S/C21H20ClF4N3O4S/c1-10(31)19(9-30)33-21(34-12-2-3-14(23)13(22)6-12)18(32)8-29-7-17(27-28-29)11-4-15(24)20(26)16(25)5-11/h2-7,10,18-19,21,30-32H,8-9H2,1H3/t10-,18+,19?,21?/m1/s1. The molecule has 1 heterocycles. The molecule has 0 saturated heterocycles. The zero-order chi connectivity index (χ0) is 25.0. The van der Waals surface area contributed by atoms with Gasteiger partial charge in [-0.2, -0.15) is 0 Å². The Balaban J connectivity index is 1.80. The zero-order valence-electron chi connectivity index (χ0n) is 17.6. The third-order valence-electron chi connectivity index (χ3n) is 4.68. The molecule has 184 valence electrons. The second kappa shape index (κ2) is 11.5. The summed E-state index contributed by atoms with van der Waals surface area (Å²) in [7, 11) is 0. The maximum Gasteiger partial charge on any atom is 0.194 e. The van der Waals surface area contributed by atoms with Crippen molar-refractivity contribution < 1.29 is 37.6 Å². The third kappa shape index (κ3) is 6.46. The van der Waals surface area contributed by atoms with Crippen molar-refractivity contribution in [3.63, 3.8) is 0 Å². The molecule has 0 aliphatic carbocycles. The number of nitrogens with zero attached hydrogens (tertiary/aromatic N) is 3. The lowest BCUT2D eigenvalue weighted by Crippen LogP contribution is -2.39. The molecular formula is C21H20ClF4N3O4S. The number of hydrogen-bond acceptors (Lipinski definition) is 7. The second-order valence-electron chi connectivity index (χ2n) is 7.31. The summed E-state index contributed by atoms with van der Waals surface area (Å²) < 4.78 is 60.6. The Kier molecular flexibility index (Phi) is 8.90. The van der Waals surface area contributed by atoms with Crippen molar-refractivity contribution in [3.05, 3.63) is 64.8 Å². The number of ether oxygens (including phenoxy) is 1. The van der Waals surface area contributed by atoms with Crippen LogP contribution in [-0.2, 0) is 11.3 Å². The Morgan fingerprint density at radius 1 is 1.09 bits per heavy atom. The van der Waals surface area contributed by atoms with Crippen molar-refractivity contribution in [1.29, 1.82) is 0 Å². The first-order chi connectivity index (χ1) is 16.1. The summed E-state index contributed by atoms with van der Waals surface area (Å²) in [6.07, 6.45) is -2.14. The van der Waals surface area contributed by atoms with Gasteiger partial charge in [-0.3, -0.25) is 0 Å². The molecule has 0 saturated carbocycles. The Hall–Kier alpha value is -2.22. The number of benzene rings is 2. The maximum absolute atomic E-state index is 13.5. The van der Waals surface area contributed by atoms with Gasteiger partial charge >= 0.3 is 0 Å². The average Bonchev–Trinajstić information content (AvgIpc) is 3.25. The normalized spacial score (nSPS) is 15.2. The summed E-state index contributed by atoms with van der Waals surface area (Å²) in [4.78, 5) is 0.439. The average molecular weight is 522 g/mol. The fourth-order valence-electron chi connectivity index (χ4n) is 2.86. The quantitative estimate of drug-likeness (QED) is 0.163. The largest absolute Gasteiger partial charge is 0.394 e. The minimum atomic E-state index is -1.61. The first kappa shape index (κ1) is 26.4. The zero-order valence-corrected chi connectivity index (χ0v) is 19.1. The van der Waals surface area contributed by atoms with Crippen LogP contribution in [0.1, 0.15) is 6.92 Å². The minimum absolute atomic E-state index is 0.0256. The number of halogens is 5. The monoisotopic (exact) mass is 521 g/mol. The van der Waals surface area contributed by atoms with Crippen LogP contribution in [0.2, 0.25) is 5.02 Å². The van der Waals surface area contributed by atoms with Crippen LogP contribution in [0.3, 0.4) is 0 Å². The molecule has 2 unspecified atom stereocenters. The third-order valence-corrected chi connectivity index (χ3v) is 6.15. The predicted octanol–water partition coefficient (Wildman–Crippen LogP) is 3.39. The van der Waals surface area contributed by atoms with Crippen molar-refractivity contribution in [2.24, 2.45) is 0 Å². The van der Waals surface area contributed by atoms with Gasteiger partial charge in [-0.05, 0) is 37.3 Å². The Morgan fingerprint density at radius 2 is 1.76 bits per heavy atom. The van der Waals surface area contributed by atoms with Gasteiger partial charge in [0.25, 0.3) is 0 Å². The Labute approximate surface area is 200 Å². The highest BCUT2D eigenvalue weighted by Gasteiger charge is 2.28. The topological polar surface area (TPSA) is 101 Å². The Morgan fingerprint density at radius 3 is 2.35 bits per heavy atom. The van der Waals surface area contributed by atoms with Gasteiger partial charge in [-0.25, -0.2) is 22.2 Å². The van der Waals surface area contributed by atoms with Gasteiger partial charge in [0.1, 0.15) is 29.2 Å². The summed E-state index contributed by atoms with van der Waals surface area (Å²) in [5.74, 6) is -5.02. The molecule has 7 nitrogen and oxygen atoms in total. The van der Waals surface area contributed by atoms with E-state index >= 15 is 0 Å². The van der Waals surface area contributed by atoms with E-state index in [0.29, 0.717) is 4.90 Å². The molecule has 0 radical (unpaired) electrons. The molecule has 0 aliphatic heterocycles. The van der Waals surface area contributed by atoms with E-state index in [1.54, 1.807) is 0 Å². The van der Waals surface area contributed by atoms with Crippen molar-refractivity contribution >= 4 is 23.4 Å². The predicted molar refractivity (Wildman–Crippen MR) is 116 cm³/mol. The highest BCUT2D eigenvalue weighted by molar-refractivity contribution is 7.99. The molecule has 0 amide bonds. The molecule has 2 aromatic carbocycles. The molecule has 1 aromatic heterocycles. The van der Waals surface area contributed by atoms with Crippen LogP contribution >= 0.6 is 23.4 Å². The van der Waals surface area contributed by atoms with Crippen LogP contribution in [0.4, 0.5) is 17.6 Å². The lowest BCUT2D eigenvalue weighted by Gasteiger charge is -2.28. The van der Waals surface area contributed by atoms with E-state index in [4.69, 9.17) is 16.3 Å². The molecule has 4 atom stereocenters. The first-order valence-corrected chi connectivity index (χ1v) is 11.1. The number of thioether (sulfide) groups is 1. The number of aliphatic hydroxyl groups is 3. The summed E-state index contributed by atoms with van der Waals surface area (Å²) in [5, 5.41) is 37.5. The van der Waals surface area contributed by atoms with Crippen molar-refractivity contribution in [1.82, 2.24) is 15.0 Å². The van der Waals surface area contributed by atoms with E-state index in [0.717, 1.165) is 30.0 Å². The van der Waals surface area contributed by atoms with E-state index in [-0.39, 0.29) is 22.8 Å². The van der Waals surface area contributed by atoms with Crippen molar-refractivity contribution in [3.8, 4) is 11.3 Å². The highest BCUT2D eigenvalue weighted by Crippen LogP contribution is 2.31. The van der Waals surface area contributed by atoms with Crippen LogP contribution in [0.5, 0.6) is 0 Å². The maximum atomic E-state index is 13.5. The lowest BCUT2D eigenvalue weighted by molar-refractivity contribution is -0.0972. The minimum Gasteiger partial charge on any atom is -0.394 e. The molecule has 0 aliphatic rings. The lowest BCUT2D eigenvalue weighted by atomic mass is 10.1. The molecule has 3 rings (SSSR count). The highest BCUT2D eigenvalue weighted by atomic mass is 35.5. The van der Waals surface area contributed by atoms with Crippen LogP contribution in [0, 0.1) is 23.3 Å². The number of aliphatic hydroxyl groups excluding tert-OH is 3. The van der Waals surface area contributed by atoms with Gasteiger partial charge in [0.2, 0.25) is 0 Å². The molecule has 0 spiro atoms. The van der Waals surface area contributed by atoms with E-state index in [1.807, 2.05) is 0 Å². The summed E-state index contributed by atoms with van der Waals surface area (Å²) in [6, 6.07) is 5.40. The van der Waals surface area contributed by atoms with Gasteiger partial charge in [-0.15, -0.1) is 5.10 Å².